The van der Waals surface area contributed by atoms with E-state index in [1.807, 2.05) is 30.3 Å². The normalized spacial score (nSPS) is 25.1. The monoisotopic (exact) mass is 489 g/mol. The van der Waals surface area contributed by atoms with Crippen molar-refractivity contribution >= 4 is 18.2 Å². The molecule has 6 nitrogen and oxygen atoms in total. The maximum atomic E-state index is 13.3. The predicted octanol–water partition coefficient (Wildman–Crippen LogP) is 5.83. The van der Waals surface area contributed by atoms with Crippen molar-refractivity contribution in [1.29, 1.82) is 0 Å². The van der Waals surface area contributed by atoms with Crippen LogP contribution in [0.1, 0.15) is 86.4 Å². The van der Waals surface area contributed by atoms with Crippen LogP contribution in [0.3, 0.4) is 0 Å². The lowest BCUT2D eigenvalue weighted by Crippen LogP contribution is -2.21. The quantitative estimate of drug-likeness (QED) is 0.355. The first-order chi connectivity index (χ1) is 17.5. The molecule has 2 aliphatic rings. The number of carbonyl (C=O) groups is 1. The molecule has 4 rings (SSSR count). The fourth-order valence-electron chi connectivity index (χ4n) is 5.49. The van der Waals surface area contributed by atoms with E-state index in [1.54, 1.807) is 25.5 Å². The zero-order valence-electron chi connectivity index (χ0n) is 21.6. The highest BCUT2D eigenvalue weighted by atomic mass is 16.5. The Morgan fingerprint density at radius 1 is 1.11 bits per heavy atom. The molecule has 1 aromatic heterocycles. The van der Waals surface area contributed by atoms with E-state index in [4.69, 9.17) is 4.74 Å². The van der Waals surface area contributed by atoms with Crippen LogP contribution in [0.5, 0.6) is 5.88 Å². The highest BCUT2D eigenvalue weighted by molar-refractivity contribution is 6.16. The summed E-state index contributed by atoms with van der Waals surface area (Å²) < 4.78 is 6.33. The minimum Gasteiger partial charge on any atom is -0.474 e. The molecule has 5 unspecified atom stereocenters. The lowest BCUT2D eigenvalue weighted by molar-refractivity contribution is 0.0961. The third-order valence-electron chi connectivity index (χ3n) is 7.46. The SMILES string of the molecule is CC1CCC(Oc2ncccc2C(C)O)CC(CCC(=O)c2ccccc2CC2CCN=CC=N2)C1. The van der Waals surface area contributed by atoms with Crippen molar-refractivity contribution in [3.05, 3.63) is 59.3 Å². The van der Waals surface area contributed by atoms with E-state index in [0.717, 1.165) is 68.2 Å². The van der Waals surface area contributed by atoms with Crippen molar-refractivity contribution in [1.82, 2.24) is 4.98 Å². The fourth-order valence-corrected chi connectivity index (χ4v) is 5.49. The molecule has 1 saturated carbocycles. The molecule has 1 aliphatic heterocycles. The Kier molecular flexibility index (Phi) is 9.40. The van der Waals surface area contributed by atoms with Gasteiger partial charge in [0, 0.05) is 42.7 Å². The van der Waals surface area contributed by atoms with E-state index < -0.39 is 6.10 Å². The summed E-state index contributed by atoms with van der Waals surface area (Å²) in [7, 11) is 0. The molecular formula is C30H39N3O3. The summed E-state index contributed by atoms with van der Waals surface area (Å²) in [6.45, 7) is 4.81. The number of hydrogen-bond donors (Lipinski definition) is 1. The van der Waals surface area contributed by atoms with Crippen LogP contribution in [-0.2, 0) is 6.42 Å². The number of aliphatic imine (C=N–C) groups is 2. The molecule has 5 atom stereocenters. The number of hydrogen-bond acceptors (Lipinski definition) is 6. The number of aliphatic hydroxyl groups excluding tert-OH is 1. The third kappa shape index (κ3) is 7.33. The molecule has 0 radical (unpaired) electrons. The number of aliphatic hydroxyl groups is 1. The smallest absolute Gasteiger partial charge is 0.219 e. The van der Waals surface area contributed by atoms with Gasteiger partial charge in [0.2, 0.25) is 5.88 Å². The highest BCUT2D eigenvalue weighted by Crippen LogP contribution is 2.34. The van der Waals surface area contributed by atoms with Gasteiger partial charge in [-0.3, -0.25) is 14.8 Å². The van der Waals surface area contributed by atoms with Gasteiger partial charge in [0.15, 0.2) is 5.78 Å². The first-order valence-electron chi connectivity index (χ1n) is 13.4. The Balaban J connectivity index is 1.38. The average Bonchev–Trinajstić information content (AvgIpc) is 3.23. The fraction of sp³-hybridized carbons (Fsp3) is 0.533. The number of nitrogens with zero attached hydrogens (tertiary/aromatic N) is 3. The van der Waals surface area contributed by atoms with E-state index in [-0.39, 0.29) is 17.9 Å². The maximum absolute atomic E-state index is 13.3. The largest absolute Gasteiger partial charge is 0.474 e. The lowest BCUT2D eigenvalue weighted by Gasteiger charge is -2.23. The molecular weight excluding hydrogens is 450 g/mol. The van der Waals surface area contributed by atoms with Crippen LogP contribution in [0.2, 0.25) is 0 Å². The van der Waals surface area contributed by atoms with Gasteiger partial charge in [-0.1, -0.05) is 31.2 Å². The first kappa shape index (κ1) is 26.2. The zero-order chi connectivity index (χ0) is 25.3. The minimum atomic E-state index is -0.622. The predicted molar refractivity (Wildman–Crippen MR) is 144 cm³/mol. The van der Waals surface area contributed by atoms with E-state index in [0.29, 0.717) is 24.1 Å². The molecule has 1 N–H and O–H groups in total. The van der Waals surface area contributed by atoms with E-state index in [1.165, 1.54) is 0 Å². The van der Waals surface area contributed by atoms with Crippen molar-refractivity contribution in [3.63, 3.8) is 0 Å². The minimum absolute atomic E-state index is 0.0463. The van der Waals surface area contributed by atoms with Crippen LogP contribution >= 0.6 is 0 Å². The number of ether oxygens (including phenoxy) is 1. The molecule has 1 aliphatic carbocycles. The second kappa shape index (κ2) is 12.9. The van der Waals surface area contributed by atoms with Gasteiger partial charge in [0.05, 0.1) is 12.1 Å². The number of rotatable bonds is 9. The van der Waals surface area contributed by atoms with Crippen molar-refractivity contribution in [2.24, 2.45) is 21.8 Å². The molecule has 6 heteroatoms. The van der Waals surface area contributed by atoms with Crippen LogP contribution in [0.15, 0.2) is 52.6 Å². The first-order valence-corrected chi connectivity index (χ1v) is 13.4. The lowest BCUT2D eigenvalue weighted by atomic mass is 9.88. The maximum Gasteiger partial charge on any atom is 0.219 e. The van der Waals surface area contributed by atoms with Crippen molar-refractivity contribution in [3.8, 4) is 5.88 Å². The molecule has 2 heterocycles. The standard InChI is InChI=1S/C30H39N3O3/c1-21-9-11-26(36-30-27(22(2)34)8-5-14-33-30)19-23(18-21)10-12-29(35)28-7-4-3-6-24(28)20-25-13-15-31-16-17-32-25/h3-8,14,16-17,21-23,25-26,34H,9-13,15,18-20H2,1-2H3. The van der Waals surface area contributed by atoms with Crippen molar-refractivity contribution in [2.75, 3.05) is 6.54 Å². The second-order valence-electron chi connectivity index (χ2n) is 10.5. The van der Waals surface area contributed by atoms with Crippen molar-refractivity contribution in [2.45, 2.75) is 83.5 Å². The Morgan fingerprint density at radius 2 is 1.97 bits per heavy atom. The Hall–Kier alpha value is -2.86. The average molecular weight is 490 g/mol. The highest BCUT2D eigenvalue weighted by Gasteiger charge is 2.27. The van der Waals surface area contributed by atoms with Gasteiger partial charge < -0.3 is 9.84 Å². The number of Topliss-reactive ketones (excluding diaryl/α,β-unsaturated/α-hetero) is 1. The molecule has 1 fully saturated rings. The Labute approximate surface area is 214 Å². The van der Waals surface area contributed by atoms with Gasteiger partial charge in [0.25, 0.3) is 0 Å². The van der Waals surface area contributed by atoms with Gasteiger partial charge in [-0.15, -0.1) is 0 Å². The summed E-state index contributed by atoms with van der Waals surface area (Å²) in [6.07, 6.45) is 11.8. The molecule has 0 saturated heterocycles. The topological polar surface area (TPSA) is 84.1 Å². The zero-order valence-corrected chi connectivity index (χ0v) is 21.6. The molecule has 192 valence electrons. The van der Waals surface area contributed by atoms with E-state index in [9.17, 15) is 9.90 Å². The van der Waals surface area contributed by atoms with Gasteiger partial charge in [-0.25, -0.2) is 4.98 Å². The van der Waals surface area contributed by atoms with E-state index in [2.05, 4.69) is 28.0 Å². The molecule has 1 aromatic carbocycles. The summed E-state index contributed by atoms with van der Waals surface area (Å²) >= 11 is 0. The van der Waals surface area contributed by atoms with Crippen LogP contribution < -0.4 is 4.74 Å². The number of ketones is 1. The molecule has 2 aromatic rings. The summed E-state index contributed by atoms with van der Waals surface area (Å²) in [5.74, 6) is 1.77. The Morgan fingerprint density at radius 3 is 2.83 bits per heavy atom. The van der Waals surface area contributed by atoms with Crippen LogP contribution in [0.4, 0.5) is 0 Å². The number of pyridine rings is 1. The van der Waals surface area contributed by atoms with Crippen LogP contribution in [0.25, 0.3) is 0 Å². The number of benzene rings is 1. The summed E-state index contributed by atoms with van der Waals surface area (Å²) in [5, 5.41) is 10.1. The summed E-state index contributed by atoms with van der Waals surface area (Å²) in [5.41, 5.74) is 2.65. The van der Waals surface area contributed by atoms with Gasteiger partial charge in [-0.2, -0.15) is 0 Å². The third-order valence-corrected chi connectivity index (χ3v) is 7.46. The van der Waals surface area contributed by atoms with Crippen LogP contribution in [0, 0.1) is 11.8 Å². The van der Waals surface area contributed by atoms with Crippen molar-refractivity contribution < 1.29 is 14.6 Å². The van der Waals surface area contributed by atoms with Gasteiger partial charge in [0.1, 0.15) is 6.10 Å². The summed E-state index contributed by atoms with van der Waals surface area (Å²) in [6, 6.07) is 11.9. The second-order valence-corrected chi connectivity index (χ2v) is 10.5. The molecule has 0 amide bonds. The van der Waals surface area contributed by atoms with Gasteiger partial charge in [-0.05, 0) is 81.4 Å². The van der Waals surface area contributed by atoms with Gasteiger partial charge >= 0.3 is 0 Å². The molecule has 0 bridgehead atoms. The Bertz CT molecular complexity index is 1060. The number of aromatic nitrogens is 1. The van der Waals surface area contributed by atoms with E-state index >= 15 is 0 Å². The van der Waals surface area contributed by atoms with Crippen LogP contribution in [-0.4, -0.2) is 47.0 Å². The number of carbonyl (C=O) groups excluding carboxylic acids is 1. The summed E-state index contributed by atoms with van der Waals surface area (Å²) in [4.78, 5) is 26.6. The molecule has 36 heavy (non-hydrogen) atoms. The molecule has 0 spiro atoms.